The van der Waals surface area contributed by atoms with E-state index in [1.54, 1.807) is 18.5 Å². The van der Waals surface area contributed by atoms with Crippen LogP contribution in [0.25, 0.3) is 0 Å². The van der Waals surface area contributed by atoms with Crippen molar-refractivity contribution in [1.82, 2.24) is 10.3 Å². The van der Waals surface area contributed by atoms with Crippen LogP contribution in [0.2, 0.25) is 0 Å². The highest BCUT2D eigenvalue weighted by atomic mass is 19.1. The molecular weight excluding hydrogens is 265 g/mol. The third kappa shape index (κ3) is 3.79. The van der Waals surface area contributed by atoms with Crippen molar-refractivity contribution >= 4 is 5.69 Å². The van der Waals surface area contributed by atoms with Crippen molar-refractivity contribution in [3.8, 4) is 0 Å². The molecule has 4 heteroatoms. The lowest BCUT2D eigenvalue weighted by Crippen LogP contribution is -2.21. The van der Waals surface area contributed by atoms with Gasteiger partial charge in [-0.3, -0.25) is 4.98 Å². The van der Waals surface area contributed by atoms with E-state index in [9.17, 15) is 4.39 Å². The fraction of sp³-hybridized carbons (Fsp3) is 0.353. The molecule has 1 N–H and O–H groups in total. The van der Waals surface area contributed by atoms with Crippen molar-refractivity contribution < 1.29 is 4.39 Å². The van der Waals surface area contributed by atoms with Gasteiger partial charge >= 0.3 is 0 Å². The van der Waals surface area contributed by atoms with Crippen LogP contribution in [0.5, 0.6) is 0 Å². The van der Waals surface area contributed by atoms with Gasteiger partial charge in [0.2, 0.25) is 0 Å². The first-order valence-electron chi connectivity index (χ1n) is 7.34. The third-order valence-corrected chi connectivity index (χ3v) is 3.78. The van der Waals surface area contributed by atoms with Gasteiger partial charge in [-0.25, -0.2) is 4.39 Å². The number of aromatic nitrogens is 1. The molecule has 1 saturated carbocycles. The Hall–Kier alpha value is -1.94. The zero-order valence-electron chi connectivity index (χ0n) is 12.2. The number of benzene rings is 1. The van der Waals surface area contributed by atoms with Gasteiger partial charge in [0, 0.05) is 44.3 Å². The zero-order valence-corrected chi connectivity index (χ0v) is 12.2. The standard InChI is InChI=1S/C17H20FN3/c1-21(12-13-6-8-19-9-7-13)17-5-2-15(18)10-14(17)11-20-16-3-4-16/h2,5-10,16,20H,3-4,11-12H2,1H3. The first-order chi connectivity index (χ1) is 10.2. The molecule has 110 valence electrons. The number of nitrogens with zero attached hydrogens (tertiary/aromatic N) is 2. The summed E-state index contributed by atoms with van der Waals surface area (Å²) in [5.41, 5.74) is 3.28. The van der Waals surface area contributed by atoms with Gasteiger partial charge in [-0.15, -0.1) is 0 Å². The van der Waals surface area contributed by atoms with E-state index in [0.717, 1.165) is 24.3 Å². The second kappa shape index (κ2) is 6.22. The summed E-state index contributed by atoms with van der Waals surface area (Å²) in [5.74, 6) is -0.177. The van der Waals surface area contributed by atoms with Crippen LogP contribution in [0.3, 0.4) is 0 Å². The normalized spacial score (nSPS) is 14.2. The SMILES string of the molecule is CN(Cc1ccncc1)c1ccc(F)cc1CNC1CC1. The van der Waals surface area contributed by atoms with Crippen LogP contribution in [-0.4, -0.2) is 18.1 Å². The Morgan fingerprint density at radius 1 is 1.24 bits per heavy atom. The number of hydrogen-bond acceptors (Lipinski definition) is 3. The number of rotatable bonds is 6. The van der Waals surface area contributed by atoms with Gasteiger partial charge in [-0.1, -0.05) is 0 Å². The van der Waals surface area contributed by atoms with Crippen LogP contribution >= 0.6 is 0 Å². The average molecular weight is 285 g/mol. The topological polar surface area (TPSA) is 28.2 Å². The second-order valence-electron chi connectivity index (χ2n) is 5.64. The van der Waals surface area contributed by atoms with Crippen molar-refractivity contribution in [2.24, 2.45) is 0 Å². The van der Waals surface area contributed by atoms with Gasteiger partial charge in [0.25, 0.3) is 0 Å². The largest absolute Gasteiger partial charge is 0.370 e. The Balaban J connectivity index is 1.75. The third-order valence-electron chi connectivity index (χ3n) is 3.78. The number of pyridine rings is 1. The molecule has 0 unspecified atom stereocenters. The summed E-state index contributed by atoms with van der Waals surface area (Å²) in [4.78, 5) is 6.18. The molecule has 21 heavy (non-hydrogen) atoms. The van der Waals surface area contributed by atoms with E-state index in [2.05, 4.69) is 15.2 Å². The maximum Gasteiger partial charge on any atom is 0.123 e. The molecule has 0 aliphatic heterocycles. The molecule has 0 atom stereocenters. The van der Waals surface area contributed by atoms with Gasteiger partial charge in [0.15, 0.2) is 0 Å². The van der Waals surface area contributed by atoms with E-state index in [0.29, 0.717) is 6.04 Å². The van der Waals surface area contributed by atoms with E-state index >= 15 is 0 Å². The smallest absolute Gasteiger partial charge is 0.123 e. The Labute approximate surface area is 124 Å². The molecule has 1 aliphatic carbocycles. The Morgan fingerprint density at radius 2 is 2.00 bits per heavy atom. The van der Waals surface area contributed by atoms with E-state index in [1.807, 2.05) is 25.2 Å². The van der Waals surface area contributed by atoms with Crippen LogP contribution in [0.4, 0.5) is 10.1 Å². The first kappa shape index (κ1) is 14.0. The molecule has 1 aromatic heterocycles. The lowest BCUT2D eigenvalue weighted by molar-refractivity contribution is 0.619. The molecular formula is C17H20FN3. The van der Waals surface area contributed by atoms with Crippen LogP contribution in [-0.2, 0) is 13.1 Å². The highest BCUT2D eigenvalue weighted by Crippen LogP contribution is 2.25. The second-order valence-corrected chi connectivity index (χ2v) is 5.64. The molecule has 0 amide bonds. The number of anilines is 1. The van der Waals surface area contributed by atoms with E-state index in [4.69, 9.17) is 0 Å². The maximum atomic E-state index is 13.5. The summed E-state index contributed by atoms with van der Waals surface area (Å²) in [6, 6.07) is 9.64. The fourth-order valence-electron chi connectivity index (χ4n) is 2.46. The van der Waals surface area contributed by atoms with E-state index < -0.39 is 0 Å². The van der Waals surface area contributed by atoms with Gasteiger partial charge < -0.3 is 10.2 Å². The van der Waals surface area contributed by atoms with Crippen LogP contribution in [0.1, 0.15) is 24.0 Å². The Kier molecular flexibility index (Phi) is 4.15. The minimum atomic E-state index is -0.177. The molecule has 0 bridgehead atoms. The van der Waals surface area contributed by atoms with Gasteiger partial charge in [-0.2, -0.15) is 0 Å². The number of hydrogen-bond donors (Lipinski definition) is 1. The van der Waals surface area contributed by atoms with Crippen molar-refractivity contribution in [2.45, 2.75) is 32.0 Å². The van der Waals surface area contributed by atoms with Crippen molar-refractivity contribution in [2.75, 3.05) is 11.9 Å². The lowest BCUT2D eigenvalue weighted by atomic mass is 10.1. The van der Waals surface area contributed by atoms with Gasteiger partial charge in [0.05, 0.1) is 0 Å². The zero-order chi connectivity index (χ0) is 14.7. The molecule has 3 rings (SSSR count). The molecule has 0 radical (unpaired) electrons. The maximum absolute atomic E-state index is 13.5. The number of halogens is 1. The highest BCUT2D eigenvalue weighted by Gasteiger charge is 2.21. The predicted octanol–water partition coefficient (Wildman–Crippen LogP) is 3.11. The summed E-state index contributed by atoms with van der Waals surface area (Å²) in [5, 5.41) is 3.46. The van der Waals surface area contributed by atoms with Crippen LogP contribution < -0.4 is 10.2 Å². The Bertz CT molecular complexity index is 596. The fourth-order valence-corrected chi connectivity index (χ4v) is 2.46. The van der Waals surface area contributed by atoms with Crippen molar-refractivity contribution in [3.05, 3.63) is 59.7 Å². The van der Waals surface area contributed by atoms with Crippen LogP contribution in [0.15, 0.2) is 42.7 Å². The molecule has 2 aromatic rings. The minimum absolute atomic E-state index is 0.177. The molecule has 1 aromatic carbocycles. The highest BCUT2D eigenvalue weighted by molar-refractivity contribution is 5.53. The summed E-state index contributed by atoms with van der Waals surface area (Å²) >= 11 is 0. The Morgan fingerprint density at radius 3 is 2.71 bits per heavy atom. The first-order valence-corrected chi connectivity index (χ1v) is 7.34. The summed E-state index contributed by atoms with van der Waals surface area (Å²) in [6.07, 6.45) is 6.06. The average Bonchev–Trinajstić information content (AvgIpc) is 3.30. The molecule has 3 nitrogen and oxygen atoms in total. The van der Waals surface area contributed by atoms with Crippen molar-refractivity contribution in [3.63, 3.8) is 0 Å². The molecule has 1 heterocycles. The summed E-state index contributed by atoms with van der Waals surface area (Å²) in [6.45, 7) is 1.50. The van der Waals surface area contributed by atoms with Crippen molar-refractivity contribution in [1.29, 1.82) is 0 Å². The number of nitrogens with one attached hydrogen (secondary N) is 1. The lowest BCUT2D eigenvalue weighted by Gasteiger charge is -2.23. The van der Waals surface area contributed by atoms with E-state index in [1.165, 1.54) is 24.5 Å². The molecule has 1 fully saturated rings. The van der Waals surface area contributed by atoms with Crippen LogP contribution in [0, 0.1) is 5.82 Å². The summed E-state index contributed by atoms with van der Waals surface area (Å²) < 4.78 is 13.5. The predicted molar refractivity (Wildman–Crippen MR) is 82.6 cm³/mol. The molecule has 0 saturated heterocycles. The summed E-state index contributed by atoms with van der Waals surface area (Å²) in [7, 11) is 2.04. The quantitative estimate of drug-likeness (QED) is 0.884. The van der Waals surface area contributed by atoms with E-state index in [-0.39, 0.29) is 5.82 Å². The molecule has 1 aliphatic rings. The monoisotopic (exact) mass is 285 g/mol. The molecule has 0 spiro atoms. The van der Waals surface area contributed by atoms with Gasteiger partial charge in [-0.05, 0) is 54.3 Å². The minimum Gasteiger partial charge on any atom is -0.370 e. The van der Waals surface area contributed by atoms with Gasteiger partial charge in [0.1, 0.15) is 5.82 Å².